The Morgan fingerprint density at radius 3 is 2.40 bits per heavy atom. The number of hydrogen-bond acceptors (Lipinski definition) is 4. The Morgan fingerprint density at radius 1 is 0.967 bits per heavy atom. The number of carbonyl (C=O) groups excluding carboxylic acids is 1. The molecule has 0 bridgehead atoms. The summed E-state index contributed by atoms with van der Waals surface area (Å²) < 4.78 is 26.0. The van der Waals surface area contributed by atoms with Crippen molar-refractivity contribution in [1.82, 2.24) is 20.0 Å². The first kappa shape index (κ1) is 19.8. The second-order valence-corrected chi connectivity index (χ2v) is 8.61. The molecule has 4 aromatic rings. The van der Waals surface area contributed by atoms with Crippen molar-refractivity contribution in [3.63, 3.8) is 0 Å². The number of imidazole rings is 1. The number of aromatic nitrogens is 2. The molecule has 0 radical (unpaired) electrons. The second-order valence-electron chi connectivity index (χ2n) is 6.73. The standard InChI is InChI=1S/C22H20N4O3S/c1-23-30(28,29)18-10-7-16(8-11-18)22(27)26-21(15-5-3-2-4-6-15)17-9-12-19-20(13-17)25-14-24-19/h2-14,21,23H,1H3,(H,24,25)(H,26,27). The van der Waals surface area contributed by atoms with Gasteiger partial charge in [-0.05, 0) is 54.6 Å². The van der Waals surface area contributed by atoms with Gasteiger partial charge in [-0.1, -0.05) is 36.4 Å². The number of sulfonamides is 1. The Bertz CT molecular complexity index is 1280. The fourth-order valence-corrected chi connectivity index (χ4v) is 3.99. The lowest BCUT2D eigenvalue weighted by Gasteiger charge is -2.20. The highest BCUT2D eigenvalue weighted by molar-refractivity contribution is 7.89. The van der Waals surface area contributed by atoms with E-state index in [2.05, 4.69) is 20.0 Å². The number of fused-ring (bicyclic) bond motifs is 1. The van der Waals surface area contributed by atoms with Crippen LogP contribution in [0.2, 0.25) is 0 Å². The molecule has 3 N–H and O–H groups in total. The summed E-state index contributed by atoms with van der Waals surface area (Å²) in [5.74, 6) is -0.304. The van der Waals surface area contributed by atoms with E-state index >= 15 is 0 Å². The summed E-state index contributed by atoms with van der Waals surface area (Å²) in [7, 11) is -2.21. The van der Waals surface area contributed by atoms with Gasteiger partial charge in [0.15, 0.2) is 0 Å². The first-order chi connectivity index (χ1) is 14.5. The van der Waals surface area contributed by atoms with Crippen LogP contribution < -0.4 is 10.0 Å². The number of aromatic amines is 1. The fraction of sp³-hybridized carbons (Fsp3) is 0.0909. The summed E-state index contributed by atoms with van der Waals surface area (Å²) in [5, 5.41) is 3.06. The van der Waals surface area contributed by atoms with Gasteiger partial charge < -0.3 is 10.3 Å². The maximum Gasteiger partial charge on any atom is 0.252 e. The van der Waals surface area contributed by atoms with E-state index in [1.165, 1.54) is 31.3 Å². The number of H-pyrrole nitrogens is 1. The molecule has 0 aliphatic heterocycles. The van der Waals surface area contributed by atoms with Gasteiger partial charge in [-0.15, -0.1) is 0 Å². The largest absolute Gasteiger partial charge is 0.345 e. The summed E-state index contributed by atoms with van der Waals surface area (Å²) in [6.45, 7) is 0. The fourth-order valence-electron chi connectivity index (χ4n) is 3.26. The van der Waals surface area contributed by atoms with Crippen LogP contribution in [0.3, 0.4) is 0 Å². The van der Waals surface area contributed by atoms with E-state index in [9.17, 15) is 13.2 Å². The van der Waals surface area contributed by atoms with E-state index in [-0.39, 0.29) is 16.8 Å². The predicted octanol–water partition coefficient (Wildman–Crippen LogP) is 2.99. The molecule has 4 rings (SSSR count). The zero-order valence-corrected chi connectivity index (χ0v) is 17.0. The van der Waals surface area contributed by atoms with Gasteiger partial charge in [0.1, 0.15) is 0 Å². The third kappa shape index (κ3) is 3.96. The van der Waals surface area contributed by atoms with Gasteiger partial charge in [0.25, 0.3) is 5.91 Å². The Kier molecular flexibility index (Phi) is 5.35. The van der Waals surface area contributed by atoms with Crippen LogP contribution in [0.5, 0.6) is 0 Å². The average Bonchev–Trinajstić information content (AvgIpc) is 3.26. The lowest BCUT2D eigenvalue weighted by atomic mass is 9.97. The molecule has 0 aliphatic carbocycles. The maximum atomic E-state index is 12.9. The van der Waals surface area contributed by atoms with Crippen LogP contribution in [0, 0.1) is 0 Å². The maximum absolute atomic E-state index is 12.9. The monoisotopic (exact) mass is 420 g/mol. The van der Waals surface area contributed by atoms with Crippen molar-refractivity contribution in [3.05, 3.63) is 95.8 Å². The highest BCUT2D eigenvalue weighted by Gasteiger charge is 2.19. The molecule has 0 fully saturated rings. The van der Waals surface area contributed by atoms with Crippen molar-refractivity contribution < 1.29 is 13.2 Å². The minimum Gasteiger partial charge on any atom is -0.345 e. The third-order valence-corrected chi connectivity index (χ3v) is 6.31. The number of nitrogens with zero attached hydrogens (tertiary/aromatic N) is 1. The van der Waals surface area contributed by atoms with Gasteiger partial charge in [-0.3, -0.25) is 4.79 Å². The highest BCUT2D eigenvalue weighted by atomic mass is 32.2. The molecule has 30 heavy (non-hydrogen) atoms. The number of rotatable bonds is 6. The van der Waals surface area contributed by atoms with Gasteiger partial charge in [0, 0.05) is 5.56 Å². The van der Waals surface area contributed by atoms with Crippen LogP contribution in [-0.4, -0.2) is 31.3 Å². The van der Waals surface area contributed by atoms with E-state index < -0.39 is 10.0 Å². The van der Waals surface area contributed by atoms with Crippen molar-refractivity contribution in [2.75, 3.05) is 7.05 Å². The van der Waals surface area contributed by atoms with Crippen LogP contribution in [0.1, 0.15) is 27.5 Å². The van der Waals surface area contributed by atoms with Crippen molar-refractivity contribution in [1.29, 1.82) is 0 Å². The van der Waals surface area contributed by atoms with Gasteiger partial charge in [-0.2, -0.15) is 0 Å². The summed E-state index contributed by atoms with van der Waals surface area (Å²) in [5.41, 5.74) is 3.93. The minimum atomic E-state index is -3.56. The lowest BCUT2D eigenvalue weighted by molar-refractivity contribution is 0.0943. The number of hydrogen-bond donors (Lipinski definition) is 3. The van der Waals surface area contributed by atoms with Crippen LogP contribution in [0.4, 0.5) is 0 Å². The number of carbonyl (C=O) groups is 1. The molecule has 152 valence electrons. The van der Waals surface area contributed by atoms with Gasteiger partial charge >= 0.3 is 0 Å². The summed E-state index contributed by atoms with van der Waals surface area (Å²) >= 11 is 0. The first-order valence-corrected chi connectivity index (χ1v) is 10.8. The van der Waals surface area contributed by atoms with Crippen molar-refractivity contribution in [3.8, 4) is 0 Å². The molecular formula is C22H20N4O3S. The molecular weight excluding hydrogens is 400 g/mol. The van der Waals surface area contributed by atoms with Gasteiger partial charge in [0.2, 0.25) is 10.0 Å². The number of benzene rings is 3. The molecule has 1 atom stereocenters. The molecule has 1 heterocycles. The molecule has 1 unspecified atom stereocenters. The zero-order chi connectivity index (χ0) is 21.1. The minimum absolute atomic E-state index is 0.103. The van der Waals surface area contributed by atoms with Gasteiger partial charge in [-0.25, -0.2) is 18.1 Å². The van der Waals surface area contributed by atoms with E-state index in [1.54, 1.807) is 6.33 Å². The molecule has 0 aliphatic rings. The van der Waals surface area contributed by atoms with E-state index in [1.807, 2.05) is 48.5 Å². The Labute approximate surface area is 174 Å². The smallest absolute Gasteiger partial charge is 0.252 e. The number of amides is 1. The summed E-state index contributed by atoms with van der Waals surface area (Å²) in [6.07, 6.45) is 1.63. The summed E-state index contributed by atoms with van der Waals surface area (Å²) in [6, 6.07) is 20.9. The SMILES string of the molecule is CNS(=O)(=O)c1ccc(C(=O)NC(c2ccccc2)c2ccc3nc[nH]c3c2)cc1. The van der Waals surface area contributed by atoms with Crippen LogP contribution >= 0.6 is 0 Å². The first-order valence-electron chi connectivity index (χ1n) is 9.30. The molecule has 3 aromatic carbocycles. The van der Waals surface area contributed by atoms with Crippen LogP contribution in [0.15, 0.2) is 84.0 Å². The Hall–Kier alpha value is -3.49. The Morgan fingerprint density at radius 2 is 1.70 bits per heavy atom. The van der Waals surface area contributed by atoms with Crippen molar-refractivity contribution in [2.45, 2.75) is 10.9 Å². The van der Waals surface area contributed by atoms with Crippen LogP contribution in [0.25, 0.3) is 11.0 Å². The molecule has 0 saturated carbocycles. The highest BCUT2D eigenvalue weighted by Crippen LogP contribution is 2.25. The number of nitrogens with one attached hydrogen (secondary N) is 3. The predicted molar refractivity (Wildman–Crippen MR) is 115 cm³/mol. The van der Waals surface area contributed by atoms with E-state index in [0.29, 0.717) is 5.56 Å². The van der Waals surface area contributed by atoms with Gasteiger partial charge in [0.05, 0.1) is 28.3 Å². The normalized spacial score (nSPS) is 12.6. The van der Waals surface area contributed by atoms with E-state index in [0.717, 1.165) is 22.2 Å². The zero-order valence-electron chi connectivity index (χ0n) is 16.2. The Balaban J connectivity index is 1.66. The average molecular weight is 420 g/mol. The quantitative estimate of drug-likeness (QED) is 0.446. The molecule has 0 spiro atoms. The topological polar surface area (TPSA) is 104 Å². The molecule has 1 amide bonds. The van der Waals surface area contributed by atoms with Crippen molar-refractivity contribution >= 4 is 27.0 Å². The van der Waals surface area contributed by atoms with Crippen molar-refractivity contribution in [2.24, 2.45) is 0 Å². The second kappa shape index (κ2) is 8.10. The lowest BCUT2D eigenvalue weighted by Crippen LogP contribution is -2.29. The molecule has 0 saturated heterocycles. The molecule has 8 heteroatoms. The summed E-state index contributed by atoms with van der Waals surface area (Å²) in [4.78, 5) is 20.4. The van der Waals surface area contributed by atoms with E-state index in [4.69, 9.17) is 0 Å². The third-order valence-electron chi connectivity index (χ3n) is 4.88. The molecule has 7 nitrogen and oxygen atoms in total. The van der Waals surface area contributed by atoms with Crippen LogP contribution in [-0.2, 0) is 10.0 Å². The molecule has 1 aromatic heterocycles.